The molecule has 6 heteroatoms. The van der Waals surface area contributed by atoms with Crippen LogP contribution < -0.4 is 11.5 Å². The minimum Gasteiger partial charge on any atom is -0.398 e. The van der Waals surface area contributed by atoms with Crippen LogP contribution in [0.25, 0.3) is 0 Å². The Kier molecular flexibility index (Phi) is 3.23. The third kappa shape index (κ3) is 2.52. The number of hydrogen-bond donors (Lipinski definition) is 2. The molecule has 0 bridgehead atoms. The maximum Gasteiger partial charge on any atom is 0.416 e. The lowest BCUT2D eigenvalue weighted by molar-refractivity contribution is -0.137. The number of halogens is 3. The van der Waals surface area contributed by atoms with Gasteiger partial charge in [0.2, 0.25) is 0 Å². The highest BCUT2D eigenvalue weighted by Gasteiger charge is 2.31. The summed E-state index contributed by atoms with van der Waals surface area (Å²) in [6.45, 7) is 1.39. The van der Waals surface area contributed by atoms with Crippen LogP contribution in [0.2, 0.25) is 0 Å². The topological polar surface area (TPSA) is 69.1 Å². The van der Waals surface area contributed by atoms with Crippen molar-refractivity contribution in [3.05, 3.63) is 29.3 Å². The summed E-state index contributed by atoms with van der Waals surface area (Å²) in [5, 5.41) is 0. The molecule has 1 aromatic carbocycles. The molecule has 1 unspecified atom stereocenters. The Hall–Kier alpha value is -1.56. The van der Waals surface area contributed by atoms with Crippen molar-refractivity contribution in [2.24, 2.45) is 5.73 Å². The summed E-state index contributed by atoms with van der Waals surface area (Å²) in [4.78, 5) is 11.5. The smallest absolute Gasteiger partial charge is 0.398 e. The lowest BCUT2D eigenvalue weighted by Gasteiger charge is -2.11. The van der Waals surface area contributed by atoms with E-state index in [1.807, 2.05) is 0 Å². The molecule has 0 aliphatic rings. The maximum absolute atomic E-state index is 12.4. The maximum atomic E-state index is 12.4. The van der Waals surface area contributed by atoms with Crippen LogP contribution in [-0.4, -0.2) is 11.8 Å². The molecule has 0 aromatic heterocycles. The average Bonchev–Trinajstić information content (AvgIpc) is 2.15. The molecule has 0 spiro atoms. The summed E-state index contributed by atoms with van der Waals surface area (Å²) in [5.41, 5.74) is 9.63. The minimum absolute atomic E-state index is 0.00435. The second kappa shape index (κ2) is 4.13. The van der Waals surface area contributed by atoms with E-state index in [4.69, 9.17) is 11.5 Å². The zero-order valence-corrected chi connectivity index (χ0v) is 8.51. The number of carbonyl (C=O) groups excluding carboxylic acids is 1. The molecule has 0 saturated carbocycles. The van der Waals surface area contributed by atoms with Gasteiger partial charge in [0.05, 0.1) is 11.6 Å². The Balaban J connectivity index is 3.25. The number of anilines is 1. The minimum atomic E-state index is -4.50. The number of ketones is 1. The summed E-state index contributed by atoms with van der Waals surface area (Å²) >= 11 is 0. The number of benzene rings is 1. The van der Waals surface area contributed by atoms with Gasteiger partial charge in [0, 0.05) is 11.3 Å². The van der Waals surface area contributed by atoms with Gasteiger partial charge in [0.15, 0.2) is 5.78 Å². The Bertz CT molecular complexity index is 413. The number of rotatable bonds is 2. The highest BCUT2D eigenvalue weighted by molar-refractivity contribution is 6.04. The monoisotopic (exact) mass is 232 g/mol. The lowest BCUT2D eigenvalue weighted by atomic mass is 10.0. The first kappa shape index (κ1) is 12.5. The van der Waals surface area contributed by atoms with Crippen LogP contribution >= 0.6 is 0 Å². The Morgan fingerprint density at radius 1 is 1.38 bits per heavy atom. The molecule has 1 aromatic rings. The third-order valence-electron chi connectivity index (χ3n) is 2.06. The molecule has 0 saturated heterocycles. The van der Waals surface area contributed by atoms with Crippen LogP contribution in [0.4, 0.5) is 18.9 Å². The van der Waals surface area contributed by atoms with Crippen LogP contribution in [0.1, 0.15) is 22.8 Å². The van der Waals surface area contributed by atoms with Gasteiger partial charge in [-0.05, 0) is 25.1 Å². The van der Waals surface area contributed by atoms with Crippen molar-refractivity contribution in [3.63, 3.8) is 0 Å². The molecule has 0 radical (unpaired) electrons. The van der Waals surface area contributed by atoms with Gasteiger partial charge < -0.3 is 11.5 Å². The van der Waals surface area contributed by atoms with Crippen molar-refractivity contribution >= 4 is 11.5 Å². The van der Waals surface area contributed by atoms with Crippen LogP contribution in [-0.2, 0) is 6.18 Å². The molecule has 1 atom stereocenters. The zero-order chi connectivity index (χ0) is 12.5. The fourth-order valence-corrected chi connectivity index (χ4v) is 1.19. The van der Waals surface area contributed by atoms with E-state index in [0.717, 1.165) is 18.2 Å². The largest absolute Gasteiger partial charge is 0.416 e. The first-order chi connectivity index (χ1) is 7.23. The lowest BCUT2D eigenvalue weighted by Crippen LogP contribution is -2.27. The summed E-state index contributed by atoms with van der Waals surface area (Å²) in [6, 6.07) is 1.72. The summed E-state index contributed by atoms with van der Waals surface area (Å²) in [5.74, 6) is -0.608. The SMILES string of the molecule is CC(N)C(=O)c1cc(C(F)(F)F)ccc1N. The van der Waals surface area contributed by atoms with Gasteiger partial charge in [0.1, 0.15) is 0 Å². The standard InChI is InChI=1S/C10H11F3N2O/c1-5(14)9(16)7-4-6(10(11,12)13)2-3-8(7)15/h2-5H,14-15H2,1H3. The molecule has 0 amide bonds. The van der Waals surface area contributed by atoms with Crippen molar-refractivity contribution in [3.8, 4) is 0 Å². The molecule has 88 valence electrons. The molecule has 16 heavy (non-hydrogen) atoms. The number of nitrogens with two attached hydrogens (primary N) is 2. The van der Waals surface area contributed by atoms with Crippen molar-refractivity contribution in [2.75, 3.05) is 5.73 Å². The van der Waals surface area contributed by atoms with Crippen LogP contribution in [0.15, 0.2) is 18.2 Å². The van der Waals surface area contributed by atoms with Gasteiger partial charge >= 0.3 is 6.18 Å². The van der Waals surface area contributed by atoms with Gasteiger partial charge in [-0.15, -0.1) is 0 Å². The van der Waals surface area contributed by atoms with E-state index in [0.29, 0.717) is 0 Å². The van der Waals surface area contributed by atoms with E-state index < -0.39 is 23.6 Å². The highest BCUT2D eigenvalue weighted by Crippen LogP contribution is 2.31. The Labute approximate surface area is 90.2 Å². The quantitative estimate of drug-likeness (QED) is 0.603. The molecule has 4 N–H and O–H groups in total. The molecule has 1 rings (SSSR count). The predicted molar refractivity (Wildman–Crippen MR) is 53.8 cm³/mol. The molecular weight excluding hydrogens is 221 g/mol. The first-order valence-electron chi connectivity index (χ1n) is 4.50. The van der Waals surface area contributed by atoms with E-state index in [1.165, 1.54) is 6.92 Å². The molecule has 0 aliphatic heterocycles. The average molecular weight is 232 g/mol. The van der Waals surface area contributed by atoms with Crippen molar-refractivity contribution < 1.29 is 18.0 Å². The second-order valence-corrected chi connectivity index (χ2v) is 3.45. The van der Waals surface area contributed by atoms with Crippen molar-refractivity contribution in [1.82, 2.24) is 0 Å². The van der Waals surface area contributed by atoms with E-state index in [2.05, 4.69) is 0 Å². The summed E-state index contributed by atoms with van der Waals surface area (Å²) < 4.78 is 37.1. The van der Waals surface area contributed by atoms with E-state index in [9.17, 15) is 18.0 Å². The van der Waals surface area contributed by atoms with Crippen LogP contribution in [0.5, 0.6) is 0 Å². The molecule has 0 heterocycles. The van der Waals surface area contributed by atoms with Crippen LogP contribution in [0, 0.1) is 0 Å². The first-order valence-corrected chi connectivity index (χ1v) is 4.50. The van der Waals surface area contributed by atoms with E-state index in [-0.39, 0.29) is 11.3 Å². The predicted octanol–water partition coefficient (Wildman–Crippen LogP) is 1.82. The van der Waals surface area contributed by atoms with Crippen LogP contribution in [0.3, 0.4) is 0 Å². The van der Waals surface area contributed by atoms with E-state index in [1.54, 1.807) is 0 Å². The van der Waals surface area contributed by atoms with Crippen molar-refractivity contribution in [1.29, 1.82) is 0 Å². The summed E-state index contributed by atoms with van der Waals surface area (Å²) in [7, 11) is 0. The number of alkyl halides is 3. The molecule has 3 nitrogen and oxygen atoms in total. The number of carbonyl (C=O) groups is 1. The number of Topliss-reactive ketones (excluding diaryl/α,β-unsaturated/α-hetero) is 1. The number of hydrogen-bond acceptors (Lipinski definition) is 3. The molecular formula is C10H11F3N2O. The number of nitrogen functional groups attached to an aromatic ring is 1. The fourth-order valence-electron chi connectivity index (χ4n) is 1.19. The second-order valence-electron chi connectivity index (χ2n) is 3.45. The van der Waals surface area contributed by atoms with Gasteiger partial charge in [-0.3, -0.25) is 4.79 Å². The third-order valence-corrected chi connectivity index (χ3v) is 2.06. The van der Waals surface area contributed by atoms with Gasteiger partial charge in [-0.2, -0.15) is 13.2 Å². The van der Waals surface area contributed by atoms with Crippen molar-refractivity contribution in [2.45, 2.75) is 19.1 Å². The Morgan fingerprint density at radius 2 is 1.94 bits per heavy atom. The Morgan fingerprint density at radius 3 is 2.38 bits per heavy atom. The molecule has 0 fully saturated rings. The highest BCUT2D eigenvalue weighted by atomic mass is 19.4. The summed E-state index contributed by atoms with van der Waals surface area (Å²) in [6.07, 6.45) is -4.50. The van der Waals surface area contributed by atoms with Gasteiger partial charge in [0.25, 0.3) is 0 Å². The normalized spacial score (nSPS) is 13.6. The van der Waals surface area contributed by atoms with Gasteiger partial charge in [-0.1, -0.05) is 0 Å². The zero-order valence-electron chi connectivity index (χ0n) is 8.51. The van der Waals surface area contributed by atoms with E-state index >= 15 is 0 Å². The molecule has 0 aliphatic carbocycles. The van der Waals surface area contributed by atoms with Gasteiger partial charge in [-0.25, -0.2) is 0 Å². The fraction of sp³-hybridized carbons (Fsp3) is 0.300.